The SMILES string of the molecule is CC(=O)OC(/C=C/C=C/C=O)=C(C)C. The van der Waals surface area contributed by atoms with Gasteiger partial charge >= 0.3 is 5.97 Å². The molecule has 0 amide bonds. The number of carbonyl (C=O) groups excluding carboxylic acids is 2. The van der Waals surface area contributed by atoms with Gasteiger partial charge < -0.3 is 4.74 Å². The minimum atomic E-state index is -0.356. The number of hydrogen-bond acceptors (Lipinski definition) is 3. The molecule has 14 heavy (non-hydrogen) atoms. The van der Waals surface area contributed by atoms with E-state index in [0.717, 1.165) is 5.57 Å². The number of ether oxygens (including phenoxy) is 1. The van der Waals surface area contributed by atoms with E-state index < -0.39 is 0 Å². The molecule has 3 nitrogen and oxygen atoms in total. The van der Waals surface area contributed by atoms with Crippen LogP contribution in [0.25, 0.3) is 0 Å². The van der Waals surface area contributed by atoms with Crippen molar-refractivity contribution in [1.29, 1.82) is 0 Å². The van der Waals surface area contributed by atoms with Crippen LogP contribution in [-0.2, 0) is 14.3 Å². The Morgan fingerprint density at radius 1 is 1.07 bits per heavy atom. The average Bonchev–Trinajstić information content (AvgIpc) is 2.09. The molecule has 3 heteroatoms. The molecule has 0 aliphatic carbocycles. The normalized spacial score (nSPS) is 10.5. The molecule has 0 heterocycles. The van der Waals surface area contributed by atoms with Gasteiger partial charge in [0.05, 0.1) is 0 Å². The van der Waals surface area contributed by atoms with Gasteiger partial charge in [-0.05, 0) is 31.6 Å². The second-order valence-corrected chi connectivity index (χ2v) is 2.84. The molecule has 0 aromatic heterocycles. The Bertz CT molecular complexity index is 292. The van der Waals surface area contributed by atoms with Crippen LogP contribution in [0.15, 0.2) is 35.6 Å². The fraction of sp³-hybridized carbons (Fsp3) is 0.273. The maximum absolute atomic E-state index is 10.7. The molecule has 0 aliphatic heterocycles. The van der Waals surface area contributed by atoms with Gasteiger partial charge in [-0.1, -0.05) is 12.2 Å². The van der Waals surface area contributed by atoms with E-state index in [1.807, 2.05) is 13.8 Å². The second-order valence-electron chi connectivity index (χ2n) is 2.84. The summed E-state index contributed by atoms with van der Waals surface area (Å²) in [6.45, 7) is 5.02. The largest absolute Gasteiger partial charge is 0.427 e. The summed E-state index contributed by atoms with van der Waals surface area (Å²) in [6.07, 6.45) is 6.88. The van der Waals surface area contributed by atoms with Crippen molar-refractivity contribution in [1.82, 2.24) is 0 Å². The quantitative estimate of drug-likeness (QED) is 0.226. The standard InChI is InChI=1S/C11H14O3/c1-9(2)11(14-10(3)13)7-5-4-6-8-12/h4-8H,1-3H3/b6-4+,7-5+. The lowest BCUT2D eigenvalue weighted by Crippen LogP contribution is -1.98. The van der Waals surface area contributed by atoms with Crippen molar-refractivity contribution in [3.8, 4) is 0 Å². The Hall–Kier alpha value is -1.64. The molecule has 0 atom stereocenters. The van der Waals surface area contributed by atoms with E-state index in [1.54, 1.807) is 18.2 Å². The summed E-state index contributed by atoms with van der Waals surface area (Å²) in [5, 5.41) is 0. The molecular formula is C11H14O3. The van der Waals surface area contributed by atoms with Crippen molar-refractivity contribution >= 4 is 12.3 Å². The first kappa shape index (κ1) is 12.4. The van der Waals surface area contributed by atoms with Crippen molar-refractivity contribution in [2.45, 2.75) is 20.8 Å². The lowest BCUT2D eigenvalue weighted by Gasteiger charge is -2.03. The zero-order valence-electron chi connectivity index (χ0n) is 8.61. The Balaban J connectivity index is 4.47. The summed E-state index contributed by atoms with van der Waals surface area (Å²) in [7, 11) is 0. The summed E-state index contributed by atoms with van der Waals surface area (Å²) >= 11 is 0. The second kappa shape index (κ2) is 6.83. The Labute approximate surface area is 83.8 Å². The highest BCUT2D eigenvalue weighted by molar-refractivity contribution is 5.68. The molecule has 76 valence electrons. The summed E-state index contributed by atoms with van der Waals surface area (Å²) in [5.41, 5.74) is 0.899. The molecule has 0 saturated heterocycles. The zero-order chi connectivity index (χ0) is 11.0. The Morgan fingerprint density at radius 3 is 2.14 bits per heavy atom. The number of carbonyl (C=O) groups is 2. The molecule has 0 fully saturated rings. The third-order valence-corrected chi connectivity index (χ3v) is 1.29. The van der Waals surface area contributed by atoms with Gasteiger partial charge in [-0.3, -0.25) is 9.59 Å². The zero-order valence-corrected chi connectivity index (χ0v) is 8.61. The lowest BCUT2D eigenvalue weighted by molar-refractivity contribution is -0.136. The van der Waals surface area contributed by atoms with Gasteiger partial charge in [0.15, 0.2) is 0 Å². The van der Waals surface area contributed by atoms with Crippen molar-refractivity contribution in [2.24, 2.45) is 0 Å². The molecule has 0 bridgehead atoms. The molecule has 0 aromatic rings. The van der Waals surface area contributed by atoms with Gasteiger partial charge in [-0.15, -0.1) is 0 Å². The van der Waals surface area contributed by atoms with E-state index in [4.69, 9.17) is 4.74 Å². The van der Waals surface area contributed by atoms with Crippen molar-refractivity contribution in [3.63, 3.8) is 0 Å². The molecule has 0 unspecified atom stereocenters. The van der Waals surface area contributed by atoms with E-state index in [9.17, 15) is 9.59 Å². The molecule has 0 N–H and O–H groups in total. The van der Waals surface area contributed by atoms with Gasteiger partial charge in [0.2, 0.25) is 0 Å². The third-order valence-electron chi connectivity index (χ3n) is 1.29. The summed E-state index contributed by atoms with van der Waals surface area (Å²) < 4.78 is 4.92. The van der Waals surface area contributed by atoms with Crippen molar-refractivity contribution in [2.75, 3.05) is 0 Å². The molecule has 0 radical (unpaired) electrons. The van der Waals surface area contributed by atoms with Gasteiger partial charge in [0.1, 0.15) is 12.0 Å². The Kier molecular flexibility index (Phi) is 6.03. The highest BCUT2D eigenvalue weighted by Gasteiger charge is 1.98. The van der Waals surface area contributed by atoms with Crippen LogP contribution in [-0.4, -0.2) is 12.3 Å². The lowest BCUT2D eigenvalue weighted by atomic mass is 10.2. The number of aldehydes is 1. The van der Waals surface area contributed by atoms with Gasteiger partial charge in [0, 0.05) is 6.92 Å². The van der Waals surface area contributed by atoms with Crippen LogP contribution in [0.3, 0.4) is 0 Å². The minimum absolute atomic E-state index is 0.356. The molecule has 0 aromatic carbocycles. The topological polar surface area (TPSA) is 43.4 Å². The predicted octanol–water partition coefficient (Wildman–Crippen LogP) is 2.15. The molecule has 0 spiro atoms. The summed E-state index contributed by atoms with van der Waals surface area (Å²) in [4.78, 5) is 20.6. The third kappa shape index (κ3) is 5.94. The highest BCUT2D eigenvalue weighted by Crippen LogP contribution is 2.07. The first-order chi connectivity index (χ1) is 6.57. The van der Waals surface area contributed by atoms with Crippen LogP contribution >= 0.6 is 0 Å². The highest BCUT2D eigenvalue weighted by atomic mass is 16.5. The molecule has 0 saturated carbocycles. The van der Waals surface area contributed by atoms with E-state index >= 15 is 0 Å². The Morgan fingerprint density at radius 2 is 1.71 bits per heavy atom. The van der Waals surface area contributed by atoms with E-state index in [1.165, 1.54) is 13.0 Å². The van der Waals surface area contributed by atoms with E-state index in [2.05, 4.69) is 0 Å². The van der Waals surface area contributed by atoms with Crippen molar-refractivity contribution < 1.29 is 14.3 Å². The monoisotopic (exact) mass is 194 g/mol. The fourth-order valence-corrected chi connectivity index (χ4v) is 0.710. The molecular weight excluding hydrogens is 180 g/mol. The predicted molar refractivity (Wildman–Crippen MR) is 54.5 cm³/mol. The maximum Gasteiger partial charge on any atom is 0.308 e. The van der Waals surface area contributed by atoms with E-state index in [-0.39, 0.29) is 5.97 Å². The first-order valence-electron chi connectivity index (χ1n) is 4.22. The van der Waals surface area contributed by atoms with Gasteiger partial charge in [0.25, 0.3) is 0 Å². The van der Waals surface area contributed by atoms with Crippen LogP contribution in [0.2, 0.25) is 0 Å². The fourth-order valence-electron chi connectivity index (χ4n) is 0.710. The van der Waals surface area contributed by atoms with Crippen LogP contribution < -0.4 is 0 Å². The number of rotatable bonds is 4. The first-order valence-corrected chi connectivity index (χ1v) is 4.22. The maximum atomic E-state index is 10.7. The van der Waals surface area contributed by atoms with Crippen LogP contribution in [0.1, 0.15) is 20.8 Å². The van der Waals surface area contributed by atoms with Crippen LogP contribution in [0.4, 0.5) is 0 Å². The smallest absolute Gasteiger partial charge is 0.308 e. The van der Waals surface area contributed by atoms with Gasteiger partial charge in [-0.25, -0.2) is 0 Å². The number of allylic oxidation sites excluding steroid dienone is 5. The summed E-state index contributed by atoms with van der Waals surface area (Å²) in [5.74, 6) is 0.151. The molecule has 0 rings (SSSR count). The summed E-state index contributed by atoms with van der Waals surface area (Å²) in [6, 6.07) is 0. The van der Waals surface area contributed by atoms with E-state index in [0.29, 0.717) is 12.0 Å². The van der Waals surface area contributed by atoms with Crippen LogP contribution in [0, 0.1) is 0 Å². The minimum Gasteiger partial charge on any atom is -0.427 e. The van der Waals surface area contributed by atoms with Crippen LogP contribution in [0.5, 0.6) is 0 Å². The number of esters is 1. The average molecular weight is 194 g/mol. The van der Waals surface area contributed by atoms with Gasteiger partial charge in [-0.2, -0.15) is 0 Å². The number of hydrogen-bond donors (Lipinski definition) is 0. The molecule has 0 aliphatic rings. The van der Waals surface area contributed by atoms with Crippen molar-refractivity contribution in [3.05, 3.63) is 35.6 Å².